The third kappa shape index (κ3) is 40.5. The molecule has 8 aromatic carbocycles. The van der Waals surface area contributed by atoms with Crippen LogP contribution in [-0.4, -0.2) is 119 Å². The van der Waals surface area contributed by atoms with E-state index in [1.807, 2.05) is 0 Å². The molecule has 13 N–H and O–H groups in total. The van der Waals surface area contributed by atoms with Crippen molar-refractivity contribution in [1.29, 1.82) is 0 Å². The molecule has 0 spiro atoms. The fraction of sp³-hybridized carbons (Fsp3) is 0.560. The number of carbonyl (C=O) groups excluding carboxylic acids is 3. The molecule has 13 rings (SSSR count). The van der Waals surface area contributed by atoms with E-state index >= 15 is 0 Å². The van der Waals surface area contributed by atoms with Crippen molar-refractivity contribution in [2.45, 2.75) is 389 Å². The molecule has 0 unspecified atom stereocenters. The zero-order valence-corrected chi connectivity index (χ0v) is 98.1. The molecule has 1 heterocycles. The molecule has 1 saturated heterocycles. The zero-order valence-electron chi connectivity index (χ0n) is 88.7. The number of aliphatic hydroxyl groups is 3. The second-order valence-corrected chi connectivity index (χ2v) is 51.7. The first kappa shape index (κ1) is 125. The first-order chi connectivity index (χ1) is 67.5. The van der Waals surface area contributed by atoms with E-state index in [-0.39, 0.29) is 113 Å². The number of epoxide rings is 1. The van der Waals surface area contributed by atoms with Crippen LogP contribution < -0.4 is 43.4 Å². The third-order valence-corrected chi connectivity index (χ3v) is 30.1. The number of ether oxygens (including phenoxy) is 3. The van der Waals surface area contributed by atoms with Gasteiger partial charge in [-0.25, -0.2) is 44.7 Å². The van der Waals surface area contributed by atoms with Gasteiger partial charge in [0.25, 0.3) is 0 Å². The smallest absolute Gasteiger partial charge is 0.407 e. The van der Waals surface area contributed by atoms with Crippen LogP contribution in [0, 0.1) is 60.8 Å². The number of hydrogen-bond acceptors (Lipinski definition) is 14. The van der Waals surface area contributed by atoms with Gasteiger partial charge in [0.1, 0.15) is 63.8 Å². The number of amides is 3. The highest BCUT2D eigenvalue weighted by Crippen LogP contribution is 2.45. The van der Waals surface area contributed by atoms with Gasteiger partial charge in [-0.15, -0.1) is 12.4 Å². The highest BCUT2D eigenvalue weighted by molar-refractivity contribution is 14.1. The molecule has 30 heteroatoms. The minimum Gasteiger partial charge on any atom is -0.444 e. The van der Waals surface area contributed by atoms with E-state index in [2.05, 4.69) is 278 Å². The summed E-state index contributed by atoms with van der Waals surface area (Å²) in [7, 11) is 0. The van der Waals surface area contributed by atoms with Gasteiger partial charge in [0.05, 0.1) is 43.0 Å². The largest absolute Gasteiger partial charge is 0.444 e. The Morgan fingerprint density at radius 1 is 0.363 bits per heavy atom. The Labute approximate surface area is 923 Å². The summed E-state index contributed by atoms with van der Waals surface area (Å²) in [5, 5.41) is 52.5. The van der Waals surface area contributed by atoms with Crippen molar-refractivity contribution in [1.82, 2.24) is 31.9 Å². The molecule has 5 aliphatic rings. The first-order valence-corrected chi connectivity index (χ1v) is 55.6. The number of halogens is 13. The molecule has 17 nitrogen and oxygen atoms in total. The van der Waals surface area contributed by atoms with Crippen LogP contribution in [0.15, 0.2) is 146 Å². The lowest BCUT2D eigenvalue weighted by Gasteiger charge is -2.41. The van der Waals surface area contributed by atoms with Crippen LogP contribution in [-0.2, 0) is 88.5 Å². The first-order valence-electron chi connectivity index (χ1n) is 51.2. The predicted octanol–water partition coefficient (Wildman–Crippen LogP) is 26.3. The molecule has 1 aliphatic heterocycles. The Morgan fingerprint density at radius 2 is 0.616 bits per heavy atom. The normalized spacial score (nSPS) is 18.1. The van der Waals surface area contributed by atoms with Crippen molar-refractivity contribution in [2.24, 2.45) is 11.5 Å². The van der Waals surface area contributed by atoms with Crippen LogP contribution in [0.2, 0.25) is 0 Å². The van der Waals surface area contributed by atoms with E-state index in [1.54, 1.807) is 41.5 Å². The van der Waals surface area contributed by atoms with Gasteiger partial charge in [-0.3, -0.25) is 4.79 Å². The number of hydrogen-bond donors (Lipinski definition) is 11. The summed E-state index contributed by atoms with van der Waals surface area (Å²) in [6, 6.07) is 37.9. The van der Waals surface area contributed by atoms with Crippen LogP contribution in [0.25, 0.3) is 0 Å². The van der Waals surface area contributed by atoms with Crippen LogP contribution in [0.4, 0.5) is 44.7 Å². The molecule has 5 fully saturated rings. The molecule has 146 heavy (non-hydrogen) atoms. The van der Waals surface area contributed by atoms with E-state index in [0.717, 1.165) is 121 Å². The SMILES string of the molecule is CC(=O)N[C@@H](Cc1cc(F)cc(F)c1)[C@H](O)CNC1(c2cc(I)cc(C(C)(C)C)c2)CCCCC1.CC(C)(C)OC(=O)N[C@@H](Cc1cc(F)cc(F)c1)[C@H](O)CNC1(c2cc(I)cc(C(C)(C)C)c2)CCCCC1.CC(C)(C)OC(=O)N[C@@H](Cc1cc(F)cc(F)c1)[C@H]1CO1.CC(C)(C)c1cc(I)cc(C2(N)CCCCC2)c1.CC(C)(C)c1cc(I)cc(C2(NC[C@@H](O)[C@@H](N)Cc3cc(F)cc(F)c3)CCCCC2)c1.Cl. The minimum absolute atomic E-state index is 0. The highest BCUT2D eigenvalue weighted by atomic mass is 127. The number of carbonyl (C=O) groups is 3. The summed E-state index contributed by atoms with van der Waals surface area (Å²) in [5.41, 5.74) is 22.8. The third-order valence-electron chi connectivity index (χ3n) is 27.7. The zero-order chi connectivity index (χ0) is 107. The van der Waals surface area contributed by atoms with Crippen molar-refractivity contribution < 1.29 is 79.0 Å². The Balaban J connectivity index is 0.000000228. The Kier molecular flexibility index (Phi) is 46.9. The number of nitrogens with two attached hydrogens (primary N) is 2. The number of aliphatic hydroxyl groups excluding tert-OH is 3. The minimum atomic E-state index is -1.03. The number of nitrogens with one attached hydrogen (secondary N) is 6. The molecular weight excluding hydrogens is 2340 g/mol. The van der Waals surface area contributed by atoms with Crippen LogP contribution in [0.3, 0.4) is 0 Å². The maximum atomic E-state index is 13.9. The summed E-state index contributed by atoms with van der Waals surface area (Å²) < 4.78 is 129. The summed E-state index contributed by atoms with van der Waals surface area (Å²) in [4.78, 5) is 36.3. The molecule has 8 atom stereocenters. The lowest BCUT2D eigenvalue weighted by atomic mass is 9.74. The Bertz CT molecular complexity index is 5500. The fourth-order valence-electron chi connectivity index (χ4n) is 19.6. The molecule has 0 radical (unpaired) electrons. The molecule has 808 valence electrons. The van der Waals surface area contributed by atoms with E-state index in [1.165, 1.54) is 146 Å². The topological polar surface area (TPSA) is 267 Å². The fourth-order valence-corrected chi connectivity index (χ4v) is 22.3. The van der Waals surface area contributed by atoms with Gasteiger partial charge in [0, 0.05) is 93.3 Å². The van der Waals surface area contributed by atoms with E-state index in [9.17, 15) is 64.8 Å². The van der Waals surface area contributed by atoms with Gasteiger partial charge in [0.2, 0.25) is 5.91 Å². The van der Waals surface area contributed by atoms with Crippen LogP contribution >= 0.6 is 103 Å². The van der Waals surface area contributed by atoms with Crippen molar-refractivity contribution >= 4 is 121 Å². The van der Waals surface area contributed by atoms with Crippen molar-refractivity contribution in [3.63, 3.8) is 0 Å². The van der Waals surface area contributed by atoms with Gasteiger partial charge in [-0.1, -0.05) is 184 Å². The quantitative estimate of drug-likeness (QED) is 0.0124. The highest BCUT2D eigenvalue weighted by Gasteiger charge is 2.42. The maximum Gasteiger partial charge on any atom is 0.407 e. The van der Waals surface area contributed by atoms with E-state index in [4.69, 9.17) is 25.7 Å². The molecule has 8 aromatic rings. The standard InChI is InChI=1S/C31H43F2IN2O3.C28H37F2IN2O2.C26H35F2IN2O.C16H24IN.C15H19F2NO3.ClH/c1-29(2,3)21-15-22(17-25(34)16-21)31(10-8-7-9-11-31)35-19-27(37)26(36-28(38)39-30(4,5)6)14-20-12-23(32)18-24(33)13-20;1-18(34)33-25(12-19-10-22(29)16-23(30)11-19)26(35)17-32-28(8-6-5-7-9-28)21-13-20(27(2,3)4)14-24(31)15-21;1-25(2,3)18-12-19(14-22(29)13-18)26(7-5-4-6-8-26)31-16-24(32)23(30)11-17-9-20(27)15-21(28)10-17;1-15(2,3)12-9-13(11-14(17)10-12)16(18)7-5-4-6-8-16;1-15(2,3)21-14(19)18-12(13-8-20-13)6-9-4-10(16)7-11(17)5-9;/h12-13,15-18,26-27,35,37H,7-11,14,19H2,1-6H3,(H,36,38);10-11,13-16,25-26,32,35H,5-9,12,17H2,1-4H3,(H,33,34);9-10,12-15,23-24,31-32H,4-8,11,16,30H2,1-3H3;9-11H,4-8,18H2,1-3H3;4-5,7,12-13H,6,8H2,1-3H3,(H,18,19);1H/t26-,27+;25-,26+;23-,24+;;12-,13+;/m000.0./s1. The molecule has 4 saturated carbocycles. The lowest BCUT2D eigenvalue weighted by molar-refractivity contribution is -0.120. The van der Waals surface area contributed by atoms with Crippen molar-refractivity contribution in [3.8, 4) is 0 Å². The monoisotopic (exact) mass is 2500 g/mol. The van der Waals surface area contributed by atoms with Crippen LogP contribution in [0.1, 0.15) is 327 Å². The summed E-state index contributed by atoms with van der Waals surface area (Å²) in [5.74, 6) is -5.61. The molecule has 4 aliphatic carbocycles. The van der Waals surface area contributed by atoms with Gasteiger partial charge in [-0.05, 0) is 394 Å². The van der Waals surface area contributed by atoms with Crippen molar-refractivity contribution in [3.05, 3.63) is 273 Å². The van der Waals surface area contributed by atoms with Gasteiger partial charge < -0.3 is 72.9 Å². The average Bonchev–Trinajstić information content (AvgIpc) is 1.14. The van der Waals surface area contributed by atoms with Crippen LogP contribution in [0.5, 0.6) is 0 Å². The lowest BCUT2D eigenvalue weighted by Crippen LogP contribution is -2.54. The maximum absolute atomic E-state index is 13.9. The molecular formula is C116H159ClF8I4N8O9. The van der Waals surface area contributed by atoms with Gasteiger partial charge in [0.15, 0.2) is 0 Å². The summed E-state index contributed by atoms with van der Waals surface area (Å²) in [6.07, 6.45) is 18.6. The second kappa shape index (κ2) is 54.7. The molecule has 0 aromatic heterocycles. The number of alkyl carbamates (subject to hydrolysis) is 2. The average molecular weight is 2500 g/mol. The summed E-state index contributed by atoms with van der Waals surface area (Å²) >= 11 is 9.54. The second-order valence-electron chi connectivity index (χ2n) is 46.7. The Hall–Kier alpha value is -5.94. The molecule has 3 amide bonds. The number of rotatable bonds is 28. The molecule has 0 bridgehead atoms. The number of benzene rings is 8. The van der Waals surface area contributed by atoms with Crippen molar-refractivity contribution in [2.75, 3.05) is 26.2 Å². The van der Waals surface area contributed by atoms with E-state index < -0.39 is 106 Å². The van der Waals surface area contributed by atoms with E-state index in [0.29, 0.717) is 35.4 Å². The Morgan fingerprint density at radius 3 is 0.897 bits per heavy atom. The predicted molar refractivity (Wildman–Crippen MR) is 606 cm³/mol. The van der Waals surface area contributed by atoms with Gasteiger partial charge >= 0.3 is 12.2 Å². The summed E-state index contributed by atoms with van der Waals surface area (Å²) in [6.45, 7) is 39.9. The van der Waals surface area contributed by atoms with Gasteiger partial charge in [-0.2, -0.15) is 0 Å².